The van der Waals surface area contributed by atoms with Gasteiger partial charge in [0.25, 0.3) is 15.9 Å². The smallest absolute Gasteiger partial charge is 0.286 e. The van der Waals surface area contributed by atoms with Crippen molar-refractivity contribution < 1.29 is 26.7 Å². The van der Waals surface area contributed by atoms with E-state index >= 15 is 0 Å². The zero-order valence-corrected chi connectivity index (χ0v) is 21.1. The molecule has 34 heavy (non-hydrogen) atoms. The third kappa shape index (κ3) is 4.52. The van der Waals surface area contributed by atoms with Crippen LogP contribution in [0.2, 0.25) is 0 Å². The highest BCUT2D eigenvalue weighted by molar-refractivity contribution is 7.92. The van der Waals surface area contributed by atoms with Gasteiger partial charge >= 0.3 is 0 Å². The van der Waals surface area contributed by atoms with Crippen LogP contribution in [0.1, 0.15) is 52.4 Å². The van der Waals surface area contributed by atoms with Crippen molar-refractivity contribution in [1.82, 2.24) is 4.90 Å². The van der Waals surface area contributed by atoms with E-state index in [1.807, 2.05) is 13.8 Å². The van der Waals surface area contributed by atoms with Crippen LogP contribution >= 0.6 is 0 Å². The molecule has 2 heterocycles. The van der Waals surface area contributed by atoms with E-state index in [0.29, 0.717) is 13.0 Å². The fraction of sp³-hybridized carbons (Fsp3) is 0.545. The number of amidine groups is 1. The average Bonchev–Trinajstić information content (AvgIpc) is 2.68. The molecule has 1 aromatic carbocycles. The molecule has 10 nitrogen and oxygen atoms in total. The molecule has 0 unspecified atom stereocenters. The monoisotopic (exact) mass is 510 g/mol. The molecule has 0 saturated heterocycles. The summed E-state index contributed by atoms with van der Waals surface area (Å²) < 4.78 is 55.2. The highest BCUT2D eigenvalue weighted by Gasteiger charge is 2.47. The van der Waals surface area contributed by atoms with Crippen LogP contribution in [-0.4, -0.2) is 57.4 Å². The van der Waals surface area contributed by atoms with Gasteiger partial charge in [0.05, 0.1) is 11.9 Å². The number of rotatable bonds is 7. The van der Waals surface area contributed by atoms with Gasteiger partial charge in [0.2, 0.25) is 10.0 Å². The van der Waals surface area contributed by atoms with Gasteiger partial charge in [-0.05, 0) is 43.9 Å². The lowest BCUT2D eigenvalue weighted by atomic mass is 9.75. The summed E-state index contributed by atoms with van der Waals surface area (Å²) in [6.45, 7) is 4.32. The predicted molar refractivity (Wildman–Crippen MR) is 130 cm³/mol. The van der Waals surface area contributed by atoms with Crippen LogP contribution < -0.4 is 10.0 Å². The molecule has 0 bridgehead atoms. The molecule has 2 aliphatic heterocycles. The number of anilines is 2. The molecule has 0 radical (unpaired) electrons. The molecule has 3 N–H and O–H groups in total. The first-order valence-electron chi connectivity index (χ1n) is 11.3. The van der Waals surface area contributed by atoms with E-state index in [2.05, 4.69) is 14.4 Å². The topological polar surface area (TPSA) is 145 Å². The van der Waals surface area contributed by atoms with Gasteiger partial charge in [-0.1, -0.05) is 26.7 Å². The molecule has 12 heteroatoms. The Morgan fingerprint density at radius 2 is 2.03 bits per heavy atom. The van der Waals surface area contributed by atoms with Gasteiger partial charge in [-0.15, -0.1) is 4.40 Å². The van der Waals surface area contributed by atoms with Crippen molar-refractivity contribution >= 4 is 43.2 Å². The lowest BCUT2D eigenvalue weighted by molar-refractivity contribution is -0.134. The summed E-state index contributed by atoms with van der Waals surface area (Å²) in [7, 11) is -7.88. The Morgan fingerprint density at radius 3 is 2.62 bits per heavy atom. The van der Waals surface area contributed by atoms with Crippen molar-refractivity contribution in [1.29, 1.82) is 0 Å². The molecule has 1 saturated carbocycles. The van der Waals surface area contributed by atoms with Gasteiger partial charge in [-0.2, -0.15) is 8.42 Å². The van der Waals surface area contributed by atoms with E-state index < -0.39 is 31.4 Å². The van der Waals surface area contributed by atoms with Crippen molar-refractivity contribution in [3.8, 4) is 0 Å². The fourth-order valence-electron chi connectivity index (χ4n) is 4.58. The molecule has 0 aromatic heterocycles. The van der Waals surface area contributed by atoms with Gasteiger partial charge < -0.3 is 15.3 Å². The highest BCUT2D eigenvalue weighted by atomic mass is 32.2. The van der Waals surface area contributed by atoms with Crippen LogP contribution in [0.25, 0.3) is 0 Å². The molecule has 0 spiro atoms. The third-order valence-electron chi connectivity index (χ3n) is 6.66. The zero-order chi connectivity index (χ0) is 24.9. The van der Waals surface area contributed by atoms with E-state index in [9.17, 15) is 26.7 Å². The molecule has 1 fully saturated rings. The Balaban J connectivity index is 1.78. The normalized spacial score (nSPS) is 24.7. The van der Waals surface area contributed by atoms with Crippen LogP contribution in [0.4, 0.5) is 11.4 Å². The summed E-state index contributed by atoms with van der Waals surface area (Å²) in [6, 6.07) is 4.05. The number of carbonyl (C=O) groups excluding carboxylic acids is 1. The molecular weight excluding hydrogens is 480 g/mol. The van der Waals surface area contributed by atoms with Crippen molar-refractivity contribution in [2.75, 3.05) is 22.8 Å². The van der Waals surface area contributed by atoms with E-state index in [-0.39, 0.29) is 39.5 Å². The quantitative estimate of drug-likeness (QED) is 0.511. The minimum Gasteiger partial charge on any atom is -0.511 e. The lowest BCUT2D eigenvalue weighted by Gasteiger charge is -2.47. The molecule has 1 aromatic rings. The highest BCUT2D eigenvalue weighted by Crippen LogP contribution is 2.43. The summed E-state index contributed by atoms with van der Waals surface area (Å²) in [5.41, 5.74) is -0.617. The standard InChI is InChI=1S/C22H30N4O6S2/c1-4-5-11-22(2)13-26(15-7-6-8-15)21(28)18(19(22)27)20-23-16-10-9-14(24-33(3,29)30)12-17(16)34(31,32)25-20/h9-10,12,15,24,27H,4-8,11,13H2,1-3H3,(H,23,25)/t22-/m1/s1. The van der Waals surface area contributed by atoms with E-state index in [1.165, 1.54) is 18.2 Å². The maximum Gasteiger partial charge on any atom is 0.286 e. The molecule has 186 valence electrons. The molecule has 1 atom stereocenters. The number of unbranched alkanes of at least 4 members (excludes halogenated alkanes) is 1. The number of nitrogens with zero attached hydrogens (tertiary/aromatic N) is 2. The molecule has 3 aliphatic rings. The van der Waals surface area contributed by atoms with Gasteiger partial charge in [0.15, 0.2) is 5.84 Å². The van der Waals surface area contributed by atoms with Crippen molar-refractivity contribution in [3.05, 3.63) is 29.5 Å². The number of sulfonamides is 2. The number of aliphatic hydroxyl groups is 1. The van der Waals surface area contributed by atoms with Crippen LogP contribution in [0.5, 0.6) is 0 Å². The van der Waals surface area contributed by atoms with Crippen molar-refractivity contribution in [2.24, 2.45) is 9.81 Å². The second-order valence-electron chi connectivity index (χ2n) is 9.53. The Kier molecular flexibility index (Phi) is 6.17. The Hall–Kier alpha value is -2.60. The molecule has 1 amide bonds. The Bertz CT molecular complexity index is 1300. The number of amides is 1. The van der Waals surface area contributed by atoms with Crippen LogP contribution in [0.3, 0.4) is 0 Å². The number of aliphatic hydroxyl groups excluding tert-OH is 1. The Labute approximate surface area is 200 Å². The first-order chi connectivity index (χ1) is 15.8. The second kappa shape index (κ2) is 8.56. The summed E-state index contributed by atoms with van der Waals surface area (Å²) in [5, 5.41) is 14.1. The Morgan fingerprint density at radius 1 is 1.32 bits per heavy atom. The van der Waals surface area contributed by atoms with Crippen molar-refractivity contribution in [2.45, 2.75) is 63.3 Å². The van der Waals surface area contributed by atoms with Gasteiger partial charge in [0.1, 0.15) is 16.2 Å². The summed E-state index contributed by atoms with van der Waals surface area (Å²) >= 11 is 0. The molecule has 4 rings (SSSR count). The van der Waals surface area contributed by atoms with E-state index in [0.717, 1.165) is 38.4 Å². The average molecular weight is 511 g/mol. The number of nitrogens with one attached hydrogen (secondary N) is 2. The summed E-state index contributed by atoms with van der Waals surface area (Å²) in [5.74, 6) is -0.802. The fourth-order valence-corrected chi connectivity index (χ4v) is 6.29. The number of carbonyl (C=O) groups is 1. The zero-order valence-electron chi connectivity index (χ0n) is 19.5. The molecular formula is C22H30N4O6S2. The SMILES string of the molecule is CCCC[C@]1(C)CN(C2CCC2)C(=O)C(C2=NS(=O)(=O)c3cc(NS(C)(=O)=O)ccc3N2)=C1O. The number of hydrogen-bond acceptors (Lipinski definition) is 7. The summed E-state index contributed by atoms with van der Waals surface area (Å²) in [4.78, 5) is 15.0. The first kappa shape index (κ1) is 24.5. The largest absolute Gasteiger partial charge is 0.511 e. The molecule has 1 aliphatic carbocycles. The van der Waals surface area contributed by atoms with Gasteiger partial charge in [-0.3, -0.25) is 9.52 Å². The number of benzene rings is 1. The first-order valence-corrected chi connectivity index (χ1v) is 14.7. The third-order valence-corrected chi connectivity index (χ3v) is 8.59. The van der Waals surface area contributed by atoms with Gasteiger partial charge in [-0.25, -0.2) is 8.42 Å². The van der Waals surface area contributed by atoms with Gasteiger partial charge in [0, 0.05) is 23.7 Å². The maximum absolute atomic E-state index is 13.5. The lowest BCUT2D eigenvalue weighted by Crippen LogP contribution is -2.55. The minimum atomic E-state index is -4.27. The number of fused-ring (bicyclic) bond motifs is 1. The predicted octanol–water partition coefficient (Wildman–Crippen LogP) is 2.97. The van der Waals surface area contributed by atoms with Crippen molar-refractivity contribution in [3.63, 3.8) is 0 Å². The van der Waals surface area contributed by atoms with Crippen LogP contribution in [0.15, 0.2) is 38.8 Å². The second-order valence-corrected chi connectivity index (χ2v) is 12.9. The number of hydrogen-bond donors (Lipinski definition) is 3. The minimum absolute atomic E-state index is 0.0641. The van der Waals surface area contributed by atoms with Crippen LogP contribution in [0, 0.1) is 5.41 Å². The van der Waals surface area contributed by atoms with Crippen LogP contribution in [-0.2, 0) is 24.8 Å². The maximum atomic E-state index is 13.5. The van der Waals surface area contributed by atoms with E-state index in [4.69, 9.17) is 0 Å². The summed E-state index contributed by atoms with van der Waals surface area (Å²) in [6.07, 6.45) is 6.14. The van der Waals surface area contributed by atoms with E-state index in [1.54, 1.807) is 4.90 Å².